The number of para-hydroxylation sites is 1. The topological polar surface area (TPSA) is 83.1 Å². The maximum atomic E-state index is 13.6. The molecular weight excluding hydrogens is 484 g/mol. The summed E-state index contributed by atoms with van der Waals surface area (Å²) in [6, 6.07) is 18.7. The Morgan fingerprint density at radius 1 is 0.946 bits per heavy atom. The van der Waals surface area contributed by atoms with Crippen LogP contribution >= 0.6 is 0 Å². The molecule has 2 heterocycles. The van der Waals surface area contributed by atoms with Crippen LogP contribution in [0.4, 0.5) is 8.78 Å². The molecule has 3 aromatic rings. The van der Waals surface area contributed by atoms with Crippen molar-refractivity contribution < 1.29 is 37.3 Å². The molecule has 190 valence electrons. The highest BCUT2D eigenvalue weighted by Gasteiger charge is 2.53. The molecule has 0 spiro atoms. The van der Waals surface area contributed by atoms with Gasteiger partial charge in [-0.3, -0.25) is 4.79 Å². The van der Waals surface area contributed by atoms with Crippen LogP contribution in [0.1, 0.15) is 58.5 Å². The minimum absolute atomic E-state index is 0.0515. The third-order valence-electron chi connectivity index (χ3n) is 7.16. The lowest BCUT2D eigenvalue weighted by atomic mass is 9.90. The Balaban J connectivity index is 1.24. The number of ether oxygens (including phenoxy) is 4. The van der Waals surface area contributed by atoms with Gasteiger partial charge in [0.1, 0.15) is 11.9 Å². The molecule has 3 aromatic carbocycles. The van der Waals surface area contributed by atoms with Gasteiger partial charge in [-0.15, -0.1) is 8.78 Å². The monoisotopic (exact) mass is 507 g/mol. The van der Waals surface area contributed by atoms with Gasteiger partial charge in [0, 0.05) is 12.0 Å². The number of alkyl halides is 2. The van der Waals surface area contributed by atoms with Gasteiger partial charge in [-0.25, -0.2) is 4.79 Å². The summed E-state index contributed by atoms with van der Waals surface area (Å²) in [5, 5.41) is 3.19. The molecule has 1 amide bonds. The lowest BCUT2D eigenvalue weighted by molar-refractivity contribution is -0.286. The van der Waals surface area contributed by atoms with Gasteiger partial charge in [-0.1, -0.05) is 36.4 Å². The largest absolute Gasteiger partial charge is 0.586 e. The first-order chi connectivity index (χ1) is 17.8. The van der Waals surface area contributed by atoms with E-state index in [0.29, 0.717) is 36.1 Å². The highest BCUT2D eigenvalue weighted by molar-refractivity contribution is 5.92. The highest BCUT2D eigenvalue weighted by Crippen LogP contribution is 2.52. The van der Waals surface area contributed by atoms with Gasteiger partial charge in [0.05, 0.1) is 24.1 Å². The molecule has 37 heavy (non-hydrogen) atoms. The summed E-state index contributed by atoms with van der Waals surface area (Å²) >= 11 is 0. The van der Waals surface area contributed by atoms with Crippen molar-refractivity contribution in [3.05, 3.63) is 89.0 Å². The molecule has 0 saturated heterocycles. The van der Waals surface area contributed by atoms with Gasteiger partial charge >= 0.3 is 12.3 Å². The Bertz CT molecular complexity index is 1390. The second-order valence-electron chi connectivity index (χ2n) is 9.43. The molecular formula is C28H23F2NO6. The van der Waals surface area contributed by atoms with E-state index in [1.807, 2.05) is 36.4 Å². The van der Waals surface area contributed by atoms with E-state index < -0.39 is 17.7 Å². The number of nitrogens with one attached hydrogen (secondary N) is 1. The van der Waals surface area contributed by atoms with Crippen molar-refractivity contribution >= 4 is 11.9 Å². The molecule has 0 unspecified atom stereocenters. The van der Waals surface area contributed by atoms with E-state index >= 15 is 0 Å². The minimum atomic E-state index is -3.71. The SMILES string of the molecule is COC(=O)c1ccc([C@H]2C[C@@H](NC(=O)C3(c4ccc5c(c4)OC(F)(F)O5)CC3)c3ccccc3O2)cc1. The highest BCUT2D eigenvalue weighted by atomic mass is 19.3. The second kappa shape index (κ2) is 8.47. The van der Waals surface area contributed by atoms with Crippen LogP contribution in [0.5, 0.6) is 17.2 Å². The van der Waals surface area contributed by atoms with Gasteiger partial charge in [0.25, 0.3) is 0 Å². The third kappa shape index (κ3) is 4.14. The zero-order valence-corrected chi connectivity index (χ0v) is 19.8. The van der Waals surface area contributed by atoms with Crippen molar-refractivity contribution in [1.29, 1.82) is 0 Å². The maximum Gasteiger partial charge on any atom is 0.586 e. The Morgan fingerprint density at radius 2 is 1.68 bits per heavy atom. The lowest BCUT2D eigenvalue weighted by Crippen LogP contribution is -2.39. The molecule has 1 fully saturated rings. The minimum Gasteiger partial charge on any atom is -0.485 e. The number of hydrogen-bond donors (Lipinski definition) is 1. The Hall–Kier alpha value is -4.14. The summed E-state index contributed by atoms with van der Waals surface area (Å²) < 4.78 is 47.1. The van der Waals surface area contributed by atoms with E-state index in [4.69, 9.17) is 9.47 Å². The van der Waals surface area contributed by atoms with Gasteiger partial charge in [0.15, 0.2) is 11.5 Å². The van der Waals surface area contributed by atoms with Crippen molar-refractivity contribution in [3.8, 4) is 17.2 Å². The summed E-state index contributed by atoms with van der Waals surface area (Å²) in [6.45, 7) is 0. The van der Waals surface area contributed by atoms with Crippen LogP contribution in [-0.2, 0) is 14.9 Å². The zero-order valence-electron chi connectivity index (χ0n) is 19.8. The van der Waals surface area contributed by atoms with Crippen LogP contribution in [-0.4, -0.2) is 25.3 Å². The first kappa shape index (κ1) is 23.3. The standard InChI is InChI=1S/C28H23F2NO6/c1-34-25(32)17-8-6-16(7-9-17)23-15-20(19-4-2-3-5-21(19)35-23)31-26(33)27(12-13-27)18-10-11-22-24(14-18)37-28(29,30)36-22/h2-11,14,20,23H,12-13,15H2,1H3,(H,31,33)/t20-,23-/m1/s1. The van der Waals surface area contributed by atoms with Gasteiger partial charge in [0.2, 0.25) is 5.91 Å². The molecule has 6 rings (SSSR count). The van der Waals surface area contributed by atoms with Crippen molar-refractivity contribution in [3.63, 3.8) is 0 Å². The maximum absolute atomic E-state index is 13.6. The van der Waals surface area contributed by atoms with Crippen molar-refractivity contribution in [2.75, 3.05) is 7.11 Å². The third-order valence-corrected chi connectivity index (χ3v) is 7.16. The van der Waals surface area contributed by atoms with Crippen LogP contribution in [0.3, 0.4) is 0 Å². The van der Waals surface area contributed by atoms with Gasteiger partial charge in [-0.2, -0.15) is 0 Å². The molecule has 1 aliphatic carbocycles. The fourth-order valence-electron chi connectivity index (χ4n) is 5.03. The predicted molar refractivity (Wildman–Crippen MR) is 127 cm³/mol. The normalized spacial score (nSPS) is 21.8. The number of hydrogen-bond acceptors (Lipinski definition) is 6. The summed E-state index contributed by atoms with van der Waals surface area (Å²) in [7, 11) is 1.33. The zero-order chi connectivity index (χ0) is 25.8. The quantitative estimate of drug-likeness (QED) is 0.478. The number of halogens is 2. The Morgan fingerprint density at radius 3 is 2.41 bits per heavy atom. The predicted octanol–water partition coefficient (Wildman–Crippen LogP) is 5.21. The molecule has 3 aliphatic rings. The Kier molecular flexibility index (Phi) is 5.33. The van der Waals surface area contributed by atoms with E-state index in [1.54, 1.807) is 18.2 Å². The molecule has 9 heteroatoms. The smallest absolute Gasteiger partial charge is 0.485 e. The summed E-state index contributed by atoms with van der Waals surface area (Å²) in [4.78, 5) is 25.4. The number of rotatable bonds is 5. The molecule has 2 aliphatic heterocycles. The van der Waals surface area contributed by atoms with E-state index in [1.165, 1.54) is 19.2 Å². The number of benzene rings is 3. The van der Waals surface area contributed by atoms with Crippen molar-refractivity contribution in [2.45, 2.75) is 43.1 Å². The summed E-state index contributed by atoms with van der Waals surface area (Å²) in [5.41, 5.74) is 1.95. The van der Waals surface area contributed by atoms with Gasteiger partial charge < -0.3 is 24.3 Å². The van der Waals surface area contributed by atoms with E-state index in [2.05, 4.69) is 14.8 Å². The second-order valence-corrected chi connectivity index (χ2v) is 9.43. The lowest BCUT2D eigenvalue weighted by Gasteiger charge is -2.34. The number of methoxy groups -OCH3 is 1. The molecule has 0 aromatic heterocycles. The number of carbonyl (C=O) groups is 2. The van der Waals surface area contributed by atoms with Crippen LogP contribution in [0.15, 0.2) is 66.7 Å². The molecule has 1 N–H and O–H groups in total. The molecule has 7 nitrogen and oxygen atoms in total. The van der Waals surface area contributed by atoms with Gasteiger partial charge in [-0.05, 0) is 54.3 Å². The molecule has 0 bridgehead atoms. The van der Waals surface area contributed by atoms with Crippen molar-refractivity contribution in [2.24, 2.45) is 0 Å². The molecule has 0 radical (unpaired) electrons. The number of amides is 1. The molecule has 2 atom stereocenters. The van der Waals surface area contributed by atoms with E-state index in [-0.39, 0.29) is 29.6 Å². The van der Waals surface area contributed by atoms with E-state index in [9.17, 15) is 18.4 Å². The fraction of sp³-hybridized carbons (Fsp3) is 0.286. The van der Waals surface area contributed by atoms with Crippen LogP contribution in [0.2, 0.25) is 0 Å². The number of esters is 1. The summed E-state index contributed by atoms with van der Waals surface area (Å²) in [6.07, 6.45) is -2.40. The van der Waals surface area contributed by atoms with E-state index in [0.717, 1.165) is 11.1 Å². The number of fused-ring (bicyclic) bond motifs is 2. The average molecular weight is 507 g/mol. The van der Waals surface area contributed by atoms with Crippen molar-refractivity contribution in [1.82, 2.24) is 5.32 Å². The summed E-state index contributed by atoms with van der Waals surface area (Å²) in [5.74, 6) is -0.0673. The fourth-order valence-corrected chi connectivity index (χ4v) is 5.03. The van der Waals surface area contributed by atoms with Crippen LogP contribution in [0, 0.1) is 0 Å². The molecule has 1 saturated carbocycles. The average Bonchev–Trinajstić information content (AvgIpc) is 3.65. The Labute approximate surface area is 211 Å². The number of carbonyl (C=O) groups excluding carboxylic acids is 2. The first-order valence-electron chi connectivity index (χ1n) is 11.9. The van der Waals surface area contributed by atoms with Crippen LogP contribution in [0.25, 0.3) is 0 Å². The first-order valence-corrected chi connectivity index (χ1v) is 11.9. The van der Waals surface area contributed by atoms with Crippen LogP contribution < -0.4 is 19.5 Å².